The SMILES string of the molecule is N=C(N)c1cccc(C[C@H](NS(=O)(=O)c2ccc3ccccc3c2)C(=O)N2CCCC[C@@H]2C(=O)O)c1. The maximum Gasteiger partial charge on any atom is 0.326 e. The van der Waals surface area contributed by atoms with Crippen LogP contribution < -0.4 is 10.5 Å². The van der Waals surface area contributed by atoms with Gasteiger partial charge in [-0.2, -0.15) is 4.72 Å². The highest BCUT2D eigenvalue weighted by Gasteiger charge is 2.37. The third-order valence-corrected chi connectivity index (χ3v) is 7.84. The predicted octanol–water partition coefficient (Wildman–Crippen LogP) is 2.48. The van der Waals surface area contributed by atoms with E-state index in [2.05, 4.69) is 4.72 Å². The van der Waals surface area contributed by atoms with Crippen LogP contribution in [0.15, 0.2) is 71.6 Å². The molecule has 5 N–H and O–H groups in total. The number of nitrogen functional groups attached to an aromatic ring is 1. The van der Waals surface area contributed by atoms with Gasteiger partial charge in [0.1, 0.15) is 17.9 Å². The van der Waals surface area contributed by atoms with E-state index in [1.807, 2.05) is 18.2 Å². The molecule has 0 aliphatic carbocycles. The van der Waals surface area contributed by atoms with Gasteiger partial charge in [0.05, 0.1) is 4.90 Å². The van der Waals surface area contributed by atoms with Crippen molar-refractivity contribution < 1.29 is 23.1 Å². The number of carbonyl (C=O) groups is 2. The number of fused-ring (bicyclic) bond motifs is 1. The molecule has 1 heterocycles. The van der Waals surface area contributed by atoms with Gasteiger partial charge in [-0.05, 0) is 60.2 Å². The number of amides is 1. The number of benzene rings is 3. The minimum atomic E-state index is -4.13. The van der Waals surface area contributed by atoms with E-state index in [-0.39, 0.29) is 23.7 Å². The molecule has 1 aliphatic rings. The maximum atomic E-state index is 13.6. The monoisotopic (exact) mass is 508 g/mol. The first-order chi connectivity index (χ1) is 17.2. The molecular weight excluding hydrogens is 480 g/mol. The summed E-state index contributed by atoms with van der Waals surface area (Å²) in [5, 5.41) is 19.0. The van der Waals surface area contributed by atoms with Crippen molar-refractivity contribution in [2.45, 2.75) is 42.7 Å². The van der Waals surface area contributed by atoms with Crippen LogP contribution in [0.3, 0.4) is 0 Å². The lowest BCUT2D eigenvalue weighted by Gasteiger charge is -2.35. The second-order valence-electron chi connectivity index (χ2n) is 8.88. The molecule has 188 valence electrons. The number of nitrogens with two attached hydrogens (primary N) is 1. The summed E-state index contributed by atoms with van der Waals surface area (Å²) in [6.07, 6.45) is 1.59. The number of carboxylic acid groups (broad SMARTS) is 1. The van der Waals surface area contributed by atoms with Gasteiger partial charge in [-0.25, -0.2) is 13.2 Å². The number of rotatable bonds is 8. The summed E-state index contributed by atoms with van der Waals surface area (Å²) < 4.78 is 29.3. The smallest absolute Gasteiger partial charge is 0.326 e. The Balaban J connectivity index is 1.69. The van der Waals surface area contributed by atoms with Crippen LogP contribution in [0.4, 0.5) is 0 Å². The highest BCUT2D eigenvalue weighted by atomic mass is 32.2. The normalized spacial score (nSPS) is 17.0. The molecule has 0 aromatic heterocycles. The fraction of sp³-hybridized carbons (Fsp3) is 0.269. The molecule has 1 fully saturated rings. The lowest BCUT2D eigenvalue weighted by atomic mass is 9.98. The van der Waals surface area contributed by atoms with Crippen molar-refractivity contribution in [3.63, 3.8) is 0 Å². The molecule has 9 nitrogen and oxygen atoms in total. The van der Waals surface area contributed by atoms with Crippen LogP contribution in [0.25, 0.3) is 10.8 Å². The maximum absolute atomic E-state index is 13.6. The van der Waals surface area contributed by atoms with E-state index in [1.54, 1.807) is 36.4 Å². The number of carboxylic acids is 1. The molecule has 0 bridgehead atoms. The molecule has 1 saturated heterocycles. The van der Waals surface area contributed by atoms with Gasteiger partial charge in [0.25, 0.3) is 0 Å². The molecule has 2 atom stereocenters. The van der Waals surface area contributed by atoms with Gasteiger partial charge in [0, 0.05) is 12.1 Å². The number of nitrogens with zero attached hydrogens (tertiary/aromatic N) is 1. The Bertz CT molecular complexity index is 1420. The molecule has 0 saturated carbocycles. The number of aliphatic carboxylic acids is 1. The van der Waals surface area contributed by atoms with Gasteiger partial charge in [-0.1, -0.05) is 48.5 Å². The topological polar surface area (TPSA) is 154 Å². The molecule has 3 aromatic rings. The van der Waals surface area contributed by atoms with Gasteiger partial charge < -0.3 is 15.7 Å². The average Bonchev–Trinajstić information content (AvgIpc) is 2.87. The Morgan fingerprint density at radius 3 is 2.53 bits per heavy atom. The van der Waals surface area contributed by atoms with Gasteiger partial charge >= 0.3 is 5.97 Å². The minimum absolute atomic E-state index is 0.00455. The zero-order valence-corrected chi connectivity index (χ0v) is 20.4. The highest BCUT2D eigenvalue weighted by Crippen LogP contribution is 2.22. The van der Waals surface area contributed by atoms with Crippen molar-refractivity contribution in [1.29, 1.82) is 5.41 Å². The number of hydrogen-bond donors (Lipinski definition) is 4. The number of carbonyl (C=O) groups excluding carboxylic acids is 1. The van der Waals surface area contributed by atoms with Crippen molar-refractivity contribution in [1.82, 2.24) is 9.62 Å². The molecule has 1 aliphatic heterocycles. The summed E-state index contributed by atoms with van der Waals surface area (Å²) in [7, 11) is -4.13. The summed E-state index contributed by atoms with van der Waals surface area (Å²) in [6, 6.07) is 16.4. The molecule has 36 heavy (non-hydrogen) atoms. The third-order valence-electron chi connectivity index (χ3n) is 6.38. The van der Waals surface area contributed by atoms with Gasteiger partial charge in [0.15, 0.2) is 0 Å². The quantitative estimate of drug-likeness (QED) is 0.271. The summed E-state index contributed by atoms with van der Waals surface area (Å²) >= 11 is 0. The largest absolute Gasteiger partial charge is 0.480 e. The van der Waals surface area contributed by atoms with Crippen molar-refractivity contribution in [2.75, 3.05) is 6.54 Å². The molecule has 0 unspecified atom stereocenters. The van der Waals surface area contributed by atoms with Crippen LogP contribution >= 0.6 is 0 Å². The van der Waals surface area contributed by atoms with Crippen molar-refractivity contribution in [3.8, 4) is 0 Å². The number of hydrogen-bond acceptors (Lipinski definition) is 5. The average molecular weight is 509 g/mol. The van der Waals surface area contributed by atoms with Crippen LogP contribution in [-0.4, -0.2) is 54.8 Å². The molecule has 1 amide bonds. The van der Waals surface area contributed by atoms with Gasteiger partial charge in [-0.15, -0.1) is 0 Å². The number of amidine groups is 1. The van der Waals surface area contributed by atoms with Crippen LogP contribution in [0.2, 0.25) is 0 Å². The zero-order valence-electron chi connectivity index (χ0n) is 19.6. The second kappa shape index (κ2) is 10.5. The first-order valence-electron chi connectivity index (χ1n) is 11.6. The molecule has 0 radical (unpaired) electrons. The third kappa shape index (κ3) is 5.55. The lowest BCUT2D eigenvalue weighted by Crippen LogP contribution is -2.56. The summed E-state index contributed by atoms with van der Waals surface area (Å²) in [5.41, 5.74) is 6.63. The van der Waals surface area contributed by atoms with E-state index >= 15 is 0 Å². The van der Waals surface area contributed by atoms with Gasteiger partial charge in [-0.3, -0.25) is 10.2 Å². The Morgan fingerprint density at radius 1 is 1.06 bits per heavy atom. The van der Waals surface area contributed by atoms with E-state index in [0.717, 1.165) is 10.8 Å². The van der Waals surface area contributed by atoms with E-state index in [0.29, 0.717) is 30.4 Å². The molecule has 4 rings (SSSR count). The Morgan fingerprint density at radius 2 is 1.81 bits per heavy atom. The van der Waals surface area contributed by atoms with Crippen molar-refractivity contribution in [3.05, 3.63) is 77.9 Å². The van der Waals surface area contributed by atoms with E-state index in [4.69, 9.17) is 11.1 Å². The number of piperidine rings is 1. The molecule has 10 heteroatoms. The fourth-order valence-electron chi connectivity index (χ4n) is 4.52. The van der Waals surface area contributed by atoms with Crippen LogP contribution in [0.1, 0.15) is 30.4 Å². The molecule has 3 aromatic carbocycles. The minimum Gasteiger partial charge on any atom is -0.480 e. The van der Waals surface area contributed by atoms with Crippen molar-refractivity contribution >= 4 is 38.5 Å². The van der Waals surface area contributed by atoms with Crippen LogP contribution in [0.5, 0.6) is 0 Å². The fourth-order valence-corrected chi connectivity index (χ4v) is 5.75. The summed E-state index contributed by atoms with van der Waals surface area (Å²) in [5.74, 6) is -1.86. The van der Waals surface area contributed by atoms with E-state index in [9.17, 15) is 23.1 Å². The first-order valence-corrected chi connectivity index (χ1v) is 13.1. The zero-order chi connectivity index (χ0) is 25.9. The predicted molar refractivity (Wildman–Crippen MR) is 136 cm³/mol. The Hall–Kier alpha value is -3.76. The van der Waals surface area contributed by atoms with E-state index < -0.39 is 34.0 Å². The Kier molecular flexibility index (Phi) is 7.37. The van der Waals surface area contributed by atoms with Gasteiger partial charge in [0.2, 0.25) is 15.9 Å². The van der Waals surface area contributed by atoms with Crippen LogP contribution in [-0.2, 0) is 26.0 Å². The summed E-state index contributed by atoms with van der Waals surface area (Å²) in [4.78, 5) is 26.7. The first kappa shape index (κ1) is 25.3. The standard InChI is InChI=1S/C26H28N4O5S/c27-24(28)20-9-5-6-17(14-20)15-22(25(31)30-13-4-3-10-23(30)26(32)33)29-36(34,35)21-12-11-18-7-1-2-8-19(18)16-21/h1-2,5-9,11-12,14,16,22-23,29H,3-4,10,13,15H2,(H3,27,28)(H,32,33)/t22-,23+/m0/s1. The Labute approximate surface area is 209 Å². The number of sulfonamides is 1. The van der Waals surface area contributed by atoms with E-state index in [1.165, 1.54) is 17.0 Å². The molecular formula is C26H28N4O5S. The van der Waals surface area contributed by atoms with Crippen LogP contribution in [0, 0.1) is 5.41 Å². The van der Waals surface area contributed by atoms with Crippen molar-refractivity contribution in [2.24, 2.45) is 5.73 Å². The summed E-state index contributed by atoms with van der Waals surface area (Å²) in [6.45, 7) is 0.234. The number of likely N-dealkylation sites (tertiary alicyclic amines) is 1. The number of nitrogens with one attached hydrogen (secondary N) is 2. The lowest BCUT2D eigenvalue weighted by molar-refractivity contribution is -0.152. The highest BCUT2D eigenvalue weighted by molar-refractivity contribution is 7.89. The molecule has 0 spiro atoms. The second-order valence-corrected chi connectivity index (χ2v) is 10.6.